The van der Waals surface area contributed by atoms with Crippen molar-refractivity contribution < 1.29 is 52.7 Å². The topological polar surface area (TPSA) is 159 Å². The van der Waals surface area contributed by atoms with Gasteiger partial charge in [0.1, 0.15) is 0 Å². The Morgan fingerprint density at radius 1 is 1.03 bits per heavy atom. The van der Waals surface area contributed by atoms with Crippen LogP contribution in [0.25, 0.3) is 0 Å². The summed E-state index contributed by atoms with van der Waals surface area (Å²) in [6.07, 6.45) is 1.86. The molecule has 1 amide bonds. The number of unbranched alkanes of at least 4 members (excludes halogenated alkanes) is 1. The summed E-state index contributed by atoms with van der Waals surface area (Å²) >= 11 is 0. The number of rotatable bonds is 14. The molecule has 0 aromatic heterocycles. The Kier molecular flexibility index (Phi) is 13.5. The van der Waals surface area contributed by atoms with Crippen LogP contribution in [-0.2, 0) is 26.0 Å². The Morgan fingerprint density at radius 3 is 2.28 bits per heavy atom. The number of benzene rings is 2. The summed E-state index contributed by atoms with van der Waals surface area (Å²) in [5, 5.41) is 14.8. The van der Waals surface area contributed by atoms with Gasteiger partial charge in [-0.2, -0.15) is 4.31 Å². The molecule has 11 heteroatoms. The molecule has 2 aromatic carbocycles. The van der Waals surface area contributed by atoms with Gasteiger partial charge in [0.25, 0.3) is 0 Å². The molecule has 0 aliphatic carbocycles. The fourth-order valence-electron chi connectivity index (χ4n) is 3.69. The Morgan fingerprint density at radius 2 is 1.69 bits per heavy atom. The van der Waals surface area contributed by atoms with E-state index in [9.17, 15) is 23.1 Å². The first-order chi connectivity index (χ1) is 16.5. The SMILES string of the molecule is CC(C)CN([C@@H](CCCCNC(=O)CCc1cccc(N)c1)C(=O)[O-])S(=O)(=O)c1ccc(N)cc1.[Na+]. The van der Waals surface area contributed by atoms with E-state index in [0.29, 0.717) is 43.6 Å². The van der Waals surface area contributed by atoms with Crippen molar-refractivity contribution in [3.63, 3.8) is 0 Å². The number of aryl methyl sites for hydroxylation is 1. The zero-order chi connectivity index (χ0) is 26.0. The number of nitrogens with one attached hydrogen (secondary N) is 1. The Bertz CT molecular complexity index is 1090. The van der Waals surface area contributed by atoms with Gasteiger partial charge in [0, 0.05) is 30.9 Å². The van der Waals surface area contributed by atoms with Crippen LogP contribution in [0.4, 0.5) is 11.4 Å². The second-order valence-electron chi connectivity index (χ2n) is 8.96. The van der Waals surface area contributed by atoms with Gasteiger partial charge in [0.15, 0.2) is 0 Å². The van der Waals surface area contributed by atoms with E-state index in [1.54, 1.807) is 6.07 Å². The number of hydrogen-bond donors (Lipinski definition) is 3. The minimum Gasteiger partial charge on any atom is -0.548 e. The van der Waals surface area contributed by atoms with Gasteiger partial charge in [-0.3, -0.25) is 4.79 Å². The van der Waals surface area contributed by atoms with Crippen molar-refractivity contribution in [3.05, 3.63) is 54.1 Å². The van der Waals surface area contributed by atoms with Gasteiger partial charge in [-0.25, -0.2) is 8.42 Å². The molecule has 1 atom stereocenters. The maximum Gasteiger partial charge on any atom is 1.00 e. The zero-order valence-electron chi connectivity index (χ0n) is 21.3. The largest absolute Gasteiger partial charge is 1.00 e. The first kappa shape index (κ1) is 31.9. The van der Waals surface area contributed by atoms with E-state index in [0.717, 1.165) is 9.87 Å². The minimum absolute atomic E-state index is 0. The normalized spacial score (nSPS) is 12.2. The second kappa shape index (κ2) is 15.2. The molecule has 0 saturated carbocycles. The second-order valence-corrected chi connectivity index (χ2v) is 10.9. The summed E-state index contributed by atoms with van der Waals surface area (Å²) < 4.78 is 27.5. The third-order valence-electron chi connectivity index (χ3n) is 5.47. The zero-order valence-corrected chi connectivity index (χ0v) is 24.1. The van der Waals surface area contributed by atoms with E-state index in [2.05, 4.69) is 5.32 Å². The molecule has 192 valence electrons. The van der Waals surface area contributed by atoms with Crippen LogP contribution < -0.4 is 51.4 Å². The summed E-state index contributed by atoms with van der Waals surface area (Å²) in [5.74, 6) is -1.66. The van der Waals surface area contributed by atoms with Gasteiger partial charge in [0.2, 0.25) is 15.9 Å². The number of carboxylic acids is 1. The molecule has 2 rings (SSSR count). The summed E-state index contributed by atoms with van der Waals surface area (Å²) in [6, 6.07) is 11.7. The molecule has 0 unspecified atom stereocenters. The van der Waals surface area contributed by atoms with Gasteiger partial charge in [-0.05, 0) is 73.6 Å². The maximum absolute atomic E-state index is 13.2. The molecule has 5 N–H and O–H groups in total. The van der Waals surface area contributed by atoms with Crippen LogP contribution in [0.1, 0.15) is 45.1 Å². The smallest absolute Gasteiger partial charge is 0.548 e. The number of hydrogen-bond acceptors (Lipinski definition) is 7. The molecular weight excluding hydrogens is 491 g/mol. The van der Waals surface area contributed by atoms with E-state index in [-0.39, 0.29) is 59.2 Å². The molecule has 0 aliphatic rings. The molecule has 0 fully saturated rings. The first-order valence-electron chi connectivity index (χ1n) is 11.7. The van der Waals surface area contributed by atoms with Gasteiger partial charge >= 0.3 is 29.6 Å². The summed E-state index contributed by atoms with van der Waals surface area (Å²) in [6.45, 7) is 4.03. The first-order valence-corrected chi connectivity index (χ1v) is 13.1. The fourth-order valence-corrected chi connectivity index (χ4v) is 5.46. The van der Waals surface area contributed by atoms with Crippen molar-refractivity contribution in [1.29, 1.82) is 0 Å². The van der Waals surface area contributed by atoms with Crippen molar-refractivity contribution in [2.75, 3.05) is 24.6 Å². The number of nitrogens with zero attached hydrogens (tertiary/aromatic N) is 1. The monoisotopic (exact) mass is 526 g/mol. The molecule has 9 nitrogen and oxygen atoms in total. The molecule has 0 heterocycles. The predicted octanol–water partition coefficient (Wildman–Crippen LogP) is -1.46. The van der Waals surface area contributed by atoms with E-state index in [1.807, 2.05) is 32.0 Å². The van der Waals surface area contributed by atoms with Crippen LogP contribution in [0.2, 0.25) is 0 Å². The Balaban J connectivity index is 0.00000648. The third kappa shape index (κ3) is 10.1. The van der Waals surface area contributed by atoms with Crippen molar-refractivity contribution in [3.8, 4) is 0 Å². The number of aliphatic carboxylic acids is 1. The number of amides is 1. The van der Waals surface area contributed by atoms with E-state index >= 15 is 0 Å². The molecule has 2 aromatic rings. The predicted molar refractivity (Wildman–Crippen MR) is 134 cm³/mol. The number of nitrogen functional groups attached to an aromatic ring is 2. The quantitative estimate of drug-likeness (QED) is 0.154. The summed E-state index contributed by atoms with van der Waals surface area (Å²) in [7, 11) is -4.07. The molecular formula is C25H35N4NaO5S. The van der Waals surface area contributed by atoms with Gasteiger partial charge in [0.05, 0.1) is 16.9 Å². The number of nitrogens with two attached hydrogens (primary N) is 2. The van der Waals surface area contributed by atoms with Crippen molar-refractivity contribution in [2.24, 2.45) is 5.92 Å². The number of carbonyl (C=O) groups is 2. The van der Waals surface area contributed by atoms with Crippen molar-refractivity contribution >= 4 is 33.3 Å². The minimum atomic E-state index is -4.07. The van der Waals surface area contributed by atoms with E-state index in [1.165, 1.54) is 24.3 Å². The summed E-state index contributed by atoms with van der Waals surface area (Å²) in [4.78, 5) is 24.0. The van der Waals surface area contributed by atoms with Crippen molar-refractivity contribution in [2.45, 2.75) is 56.9 Å². The number of carbonyl (C=O) groups excluding carboxylic acids is 2. The molecule has 0 aliphatic heterocycles. The average Bonchev–Trinajstić information content (AvgIpc) is 2.78. The van der Waals surface area contributed by atoms with Crippen LogP contribution in [-0.4, -0.2) is 43.7 Å². The standard InChI is InChI=1S/C25H36N4O5S.Na/c1-18(2)17-29(35(33,34)22-12-10-20(26)11-13-22)23(25(31)32)8-3-4-15-28-24(30)14-9-19-6-5-7-21(27)16-19;/h5-7,10-13,16,18,23H,3-4,8-9,14-15,17,26-27H2,1-2H3,(H,28,30)(H,31,32);/q;+1/p-1/t23-;/m0./s1. The van der Waals surface area contributed by atoms with Crippen LogP contribution in [0.15, 0.2) is 53.4 Å². The molecule has 0 bridgehead atoms. The Labute approximate surface area is 236 Å². The van der Waals surface area contributed by atoms with E-state index < -0.39 is 22.0 Å². The van der Waals surface area contributed by atoms with Gasteiger partial charge in [-0.1, -0.05) is 26.0 Å². The number of carboxylic acid groups (broad SMARTS) is 1. The van der Waals surface area contributed by atoms with Crippen LogP contribution in [0, 0.1) is 5.92 Å². The van der Waals surface area contributed by atoms with Crippen molar-refractivity contribution in [1.82, 2.24) is 9.62 Å². The third-order valence-corrected chi connectivity index (χ3v) is 7.36. The van der Waals surface area contributed by atoms with Gasteiger partial charge < -0.3 is 26.7 Å². The fraction of sp³-hybridized carbons (Fsp3) is 0.440. The van der Waals surface area contributed by atoms with Gasteiger partial charge in [-0.15, -0.1) is 0 Å². The van der Waals surface area contributed by atoms with E-state index in [4.69, 9.17) is 11.5 Å². The average molecular weight is 527 g/mol. The van der Waals surface area contributed by atoms with Crippen LogP contribution >= 0.6 is 0 Å². The number of anilines is 2. The maximum atomic E-state index is 13.2. The van der Waals surface area contributed by atoms with Crippen LogP contribution in [0.3, 0.4) is 0 Å². The Hall–Kier alpha value is -2.11. The summed E-state index contributed by atoms with van der Waals surface area (Å²) in [5.41, 5.74) is 13.4. The molecule has 0 spiro atoms. The van der Waals surface area contributed by atoms with Crippen LogP contribution in [0.5, 0.6) is 0 Å². The molecule has 36 heavy (non-hydrogen) atoms. The molecule has 0 saturated heterocycles. The number of sulfonamides is 1. The molecule has 0 radical (unpaired) electrons.